The lowest BCUT2D eigenvalue weighted by molar-refractivity contribution is 0.519. The monoisotopic (exact) mass is 396 g/mol. The van der Waals surface area contributed by atoms with E-state index in [9.17, 15) is 0 Å². The molecule has 150 valence electrons. The van der Waals surface area contributed by atoms with Crippen molar-refractivity contribution < 1.29 is 0 Å². The van der Waals surface area contributed by atoms with Crippen molar-refractivity contribution in [2.75, 3.05) is 5.75 Å². The summed E-state index contributed by atoms with van der Waals surface area (Å²) >= 11 is 4.54. The van der Waals surface area contributed by atoms with Gasteiger partial charge in [0, 0.05) is 29.9 Å². The first-order chi connectivity index (χ1) is 12.8. The van der Waals surface area contributed by atoms with Gasteiger partial charge in [-0.25, -0.2) is 4.98 Å². The zero-order valence-corrected chi connectivity index (χ0v) is 18.8. The molecule has 2 heterocycles. The summed E-state index contributed by atoms with van der Waals surface area (Å²) in [5.41, 5.74) is 0. The Morgan fingerprint density at radius 2 is 1.65 bits per heavy atom. The molecule has 26 heavy (non-hydrogen) atoms. The number of hydrogen-bond acceptors (Lipinski definition) is 3. The van der Waals surface area contributed by atoms with Crippen LogP contribution in [0, 0.1) is 0 Å². The average molecular weight is 397 g/mol. The highest BCUT2D eigenvalue weighted by molar-refractivity contribution is 8.21. The van der Waals surface area contributed by atoms with Crippen molar-refractivity contribution in [2.45, 2.75) is 113 Å². The van der Waals surface area contributed by atoms with Gasteiger partial charge in [-0.15, -0.1) is 23.5 Å². The van der Waals surface area contributed by atoms with Crippen molar-refractivity contribution >= 4 is 23.5 Å². The van der Waals surface area contributed by atoms with Gasteiger partial charge in [-0.05, 0) is 19.3 Å². The van der Waals surface area contributed by atoms with Crippen molar-refractivity contribution in [1.82, 2.24) is 9.55 Å². The second-order valence-electron chi connectivity index (χ2n) is 7.85. The lowest BCUT2D eigenvalue weighted by Crippen LogP contribution is -2.20. The number of aryl methyl sites for hydroxylation is 1. The van der Waals surface area contributed by atoms with Crippen molar-refractivity contribution in [3.8, 4) is 0 Å². The van der Waals surface area contributed by atoms with E-state index in [1.54, 1.807) is 0 Å². The molecule has 0 bridgehead atoms. The molecule has 2 atom stereocenters. The van der Waals surface area contributed by atoms with Crippen LogP contribution < -0.4 is 0 Å². The highest BCUT2D eigenvalue weighted by atomic mass is 32.2. The molecular weight excluding hydrogens is 356 g/mol. The molecule has 1 fully saturated rings. The molecule has 0 spiro atoms. The van der Waals surface area contributed by atoms with Crippen molar-refractivity contribution in [3.05, 3.63) is 18.7 Å². The lowest BCUT2D eigenvalue weighted by atomic mass is 10.0. The van der Waals surface area contributed by atoms with Crippen LogP contribution in [0.15, 0.2) is 18.7 Å². The topological polar surface area (TPSA) is 17.8 Å². The lowest BCUT2D eigenvalue weighted by Gasteiger charge is -2.28. The predicted octanol–water partition coefficient (Wildman–Crippen LogP) is 7.54. The second-order valence-corrected chi connectivity index (χ2v) is 11.2. The number of hydrogen-bond donors (Lipinski definition) is 0. The Balaban J connectivity index is 1.61. The fourth-order valence-corrected chi connectivity index (χ4v) is 7.66. The van der Waals surface area contributed by atoms with Gasteiger partial charge < -0.3 is 4.57 Å². The molecule has 0 saturated carbocycles. The minimum Gasteiger partial charge on any atom is -0.337 e. The van der Waals surface area contributed by atoms with Gasteiger partial charge >= 0.3 is 0 Å². The number of nitrogens with zero attached hydrogens (tertiary/aromatic N) is 2. The van der Waals surface area contributed by atoms with E-state index in [0.717, 1.165) is 11.8 Å². The van der Waals surface area contributed by atoms with E-state index in [4.69, 9.17) is 0 Å². The summed E-state index contributed by atoms with van der Waals surface area (Å²) in [5, 5.41) is 0.867. The van der Waals surface area contributed by atoms with Crippen LogP contribution in [-0.2, 0) is 6.54 Å². The smallest absolute Gasteiger partial charge is 0.0945 e. The maximum Gasteiger partial charge on any atom is 0.0945 e. The van der Waals surface area contributed by atoms with E-state index in [1.807, 2.05) is 12.5 Å². The molecule has 1 aliphatic rings. The van der Waals surface area contributed by atoms with Gasteiger partial charge in [0.1, 0.15) is 0 Å². The molecule has 0 N–H and O–H groups in total. The molecule has 1 aliphatic heterocycles. The van der Waals surface area contributed by atoms with Crippen LogP contribution in [0.2, 0.25) is 0 Å². The SMILES string of the molecule is CCCCCCCCCCCCC1(CCn2ccnc2)SCC(CC)S1. The number of thioether (sulfide) groups is 2. The van der Waals surface area contributed by atoms with Crippen molar-refractivity contribution in [1.29, 1.82) is 0 Å². The quantitative estimate of drug-likeness (QED) is 0.285. The number of imidazole rings is 1. The van der Waals surface area contributed by atoms with E-state index in [0.29, 0.717) is 4.08 Å². The highest BCUT2D eigenvalue weighted by Crippen LogP contribution is 2.54. The largest absolute Gasteiger partial charge is 0.337 e. The zero-order chi connectivity index (χ0) is 18.5. The van der Waals surface area contributed by atoms with Gasteiger partial charge in [-0.3, -0.25) is 0 Å². The summed E-state index contributed by atoms with van der Waals surface area (Å²) in [6, 6.07) is 0. The fourth-order valence-electron chi connectivity index (χ4n) is 3.81. The van der Waals surface area contributed by atoms with E-state index in [-0.39, 0.29) is 0 Å². The standard InChI is InChI=1S/C22H40N2S2/c1-3-5-6-7-8-9-10-11-12-13-14-22(25-19-21(4-2)26-22)15-17-24-18-16-23-20-24/h16,18,20-21H,3-15,17,19H2,1-2H3. The van der Waals surface area contributed by atoms with Crippen LogP contribution in [0.5, 0.6) is 0 Å². The summed E-state index contributed by atoms with van der Waals surface area (Å²) in [4.78, 5) is 4.20. The normalized spacial score (nSPS) is 22.9. The maximum absolute atomic E-state index is 4.20. The van der Waals surface area contributed by atoms with Crippen molar-refractivity contribution in [3.63, 3.8) is 0 Å². The summed E-state index contributed by atoms with van der Waals surface area (Å²) in [6.45, 7) is 5.77. The third-order valence-electron chi connectivity index (χ3n) is 5.59. The number of aromatic nitrogens is 2. The molecule has 2 rings (SSSR count). The molecule has 0 aromatic carbocycles. The first-order valence-electron chi connectivity index (χ1n) is 11.1. The molecule has 0 aliphatic carbocycles. The highest BCUT2D eigenvalue weighted by Gasteiger charge is 2.39. The minimum absolute atomic E-state index is 0.463. The zero-order valence-electron chi connectivity index (χ0n) is 17.1. The molecule has 0 amide bonds. The Hall–Kier alpha value is -0.0900. The molecular formula is C22H40N2S2. The third kappa shape index (κ3) is 8.29. The Kier molecular flexibility index (Phi) is 11.2. The number of unbranched alkanes of at least 4 members (excludes halogenated alkanes) is 9. The third-order valence-corrected chi connectivity index (χ3v) is 9.62. The summed E-state index contributed by atoms with van der Waals surface area (Å²) in [7, 11) is 0. The van der Waals surface area contributed by atoms with E-state index in [2.05, 4.69) is 53.1 Å². The van der Waals surface area contributed by atoms with Crippen LogP contribution in [0.3, 0.4) is 0 Å². The van der Waals surface area contributed by atoms with Crippen LogP contribution in [0.1, 0.15) is 97.3 Å². The van der Waals surface area contributed by atoms with Crippen LogP contribution in [-0.4, -0.2) is 24.6 Å². The molecule has 1 aromatic heterocycles. The van der Waals surface area contributed by atoms with Gasteiger partial charge in [0.25, 0.3) is 0 Å². The first-order valence-corrected chi connectivity index (χ1v) is 12.9. The summed E-state index contributed by atoms with van der Waals surface area (Å²) in [6.07, 6.45) is 24.3. The Morgan fingerprint density at radius 3 is 2.23 bits per heavy atom. The van der Waals surface area contributed by atoms with Crippen LogP contribution in [0.4, 0.5) is 0 Å². The predicted molar refractivity (Wildman–Crippen MR) is 120 cm³/mol. The molecule has 0 radical (unpaired) electrons. The van der Waals surface area contributed by atoms with E-state index < -0.39 is 0 Å². The Labute approximate surface area is 170 Å². The van der Waals surface area contributed by atoms with E-state index in [1.165, 1.54) is 89.2 Å². The molecule has 1 saturated heterocycles. The van der Waals surface area contributed by atoms with Gasteiger partial charge in [-0.1, -0.05) is 78.1 Å². The van der Waals surface area contributed by atoms with E-state index >= 15 is 0 Å². The fraction of sp³-hybridized carbons (Fsp3) is 0.864. The summed E-state index contributed by atoms with van der Waals surface area (Å²) in [5.74, 6) is 1.35. The maximum atomic E-state index is 4.20. The van der Waals surface area contributed by atoms with Crippen molar-refractivity contribution in [2.24, 2.45) is 0 Å². The molecule has 1 aromatic rings. The van der Waals surface area contributed by atoms with Gasteiger partial charge in [0.15, 0.2) is 0 Å². The Bertz CT molecular complexity index is 449. The molecule has 2 unspecified atom stereocenters. The second kappa shape index (κ2) is 13.1. The van der Waals surface area contributed by atoms with Crippen LogP contribution in [0.25, 0.3) is 0 Å². The van der Waals surface area contributed by atoms with Gasteiger partial charge in [-0.2, -0.15) is 0 Å². The minimum atomic E-state index is 0.463. The summed E-state index contributed by atoms with van der Waals surface area (Å²) < 4.78 is 2.71. The average Bonchev–Trinajstić information content (AvgIpc) is 3.32. The van der Waals surface area contributed by atoms with Gasteiger partial charge in [0.2, 0.25) is 0 Å². The molecule has 4 heteroatoms. The Morgan fingerprint density at radius 1 is 0.962 bits per heavy atom. The first kappa shape index (κ1) is 22.2. The van der Waals surface area contributed by atoms with Crippen LogP contribution >= 0.6 is 23.5 Å². The number of rotatable bonds is 15. The van der Waals surface area contributed by atoms with Gasteiger partial charge in [0.05, 0.1) is 10.4 Å². The molecule has 2 nitrogen and oxygen atoms in total.